The van der Waals surface area contributed by atoms with Gasteiger partial charge in [-0.25, -0.2) is 0 Å². The molecule has 3 heteroatoms. The van der Waals surface area contributed by atoms with Crippen molar-refractivity contribution >= 4 is 23.2 Å². The predicted molar refractivity (Wildman–Crippen MR) is 73.2 cm³/mol. The lowest BCUT2D eigenvalue weighted by Gasteiger charge is -2.13. The molecule has 1 aromatic carbocycles. The highest BCUT2D eigenvalue weighted by molar-refractivity contribution is 8.03. The van der Waals surface area contributed by atoms with Crippen molar-refractivity contribution in [3.8, 4) is 0 Å². The molecule has 1 aliphatic heterocycles. The molecule has 1 atom stereocenters. The average molecular weight is 247 g/mol. The van der Waals surface area contributed by atoms with Crippen LogP contribution >= 0.6 is 11.8 Å². The number of carbonyl (C=O) groups is 1. The first-order chi connectivity index (χ1) is 8.13. The third-order valence-corrected chi connectivity index (χ3v) is 4.30. The second-order valence-corrected chi connectivity index (χ2v) is 5.39. The van der Waals surface area contributed by atoms with E-state index in [1.165, 1.54) is 10.6 Å². The Bertz CT molecular complexity index is 467. The van der Waals surface area contributed by atoms with Crippen LogP contribution in [0.4, 0.5) is 5.69 Å². The highest BCUT2D eigenvalue weighted by atomic mass is 32.2. The summed E-state index contributed by atoms with van der Waals surface area (Å²) in [5.41, 5.74) is 1.18. The number of benzene rings is 1. The van der Waals surface area contributed by atoms with Gasteiger partial charge in [-0.15, -0.1) is 0 Å². The molecule has 0 amide bonds. The Labute approximate surface area is 107 Å². The number of nitrogens with zero attached hydrogens (tertiary/aromatic N) is 1. The minimum absolute atomic E-state index is 0.111. The number of ketones is 1. The quantitative estimate of drug-likeness (QED) is 0.760. The third kappa shape index (κ3) is 2.39. The van der Waals surface area contributed by atoms with E-state index in [9.17, 15) is 4.79 Å². The third-order valence-electron chi connectivity index (χ3n) is 3.14. The Hall–Kier alpha value is -1.22. The maximum absolute atomic E-state index is 11.9. The molecule has 0 fully saturated rings. The fourth-order valence-corrected chi connectivity index (χ4v) is 2.80. The first-order valence-corrected chi connectivity index (χ1v) is 6.71. The van der Waals surface area contributed by atoms with Crippen LogP contribution in [0.3, 0.4) is 0 Å². The van der Waals surface area contributed by atoms with Crippen LogP contribution in [0.5, 0.6) is 0 Å². The van der Waals surface area contributed by atoms with E-state index in [-0.39, 0.29) is 11.7 Å². The van der Waals surface area contributed by atoms with Crippen molar-refractivity contribution in [2.75, 3.05) is 11.9 Å². The summed E-state index contributed by atoms with van der Waals surface area (Å²) >= 11 is 1.67. The first kappa shape index (κ1) is 12.2. The van der Waals surface area contributed by atoms with Crippen molar-refractivity contribution in [1.29, 1.82) is 0 Å². The molecule has 0 saturated carbocycles. The van der Waals surface area contributed by atoms with Crippen molar-refractivity contribution in [3.05, 3.63) is 35.4 Å². The molecule has 0 radical (unpaired) electrons. The van der Waals surface area contributed by atoms with Crippen molar-refractivity contribution in [1.82, 2.24) is 0 Å². The Kier molecular flexibility index (Phi) is 3.57. The normalized spacial score (nSPS) is 18.3. The van der Waals surface area contributed by atoms with Crippen LogP contribution in [0, 0.1) is 5.92 Å². The summed E-state index contributed by atoms with van der Waals surface area (Å²) in [6, 6.07) is 8.22. The van der Waals surface area contributed by atoms with E-state index in [0.717, 1.165) is 11.4 Å². The molecule has 1 aromatic rings. The van der Waals surface area contributed by atoms with Gasteiger partial charge in [-0.05, 0) is 18.6 Å². The number of hydrogen-bond donors (Lipinski definition) is 0. The van der Waals surface area contributed by atoms with E-state index >= 15 is 0 Å². The van der Waals surface area contributed by atoms with Crippen molar-refractivity contribution in [2.45, 2.75) is 25.2 Å². The monoisotopic (exact) mass is 247 g/mol. The number of fused-ring (bicyclic) bond motifs is 1. The molecular formula is C14H17NOS. The maximum atomic E-state index is 11.9. The highest BCUT2D eigenvalue weighted by Gasteiger charge is 2.22. The zero-order chi connectivity index (χ0) is 12.4. The average Bonchev–Trinajstić information content (AvgIpc) is 2.66. The number of allylic oxidation sites excluding steroid dienone is 1. The smallest absolute Gasteiger partial charge is 0.161 e. The van der Waals surface area contributed by atoms with E-state index in [1.807, 2.05) is 33.0 Å². The zero-order valence-corrected chi connectivity index (χ0v) is 11.3. The largest absolute Gasteiger partial charge is 0.338 e. The molecular weight excluding hydrogens is 230 g/mol. The van der Waals surface area contributed by atoms with Crippen molar-refractivity contribution < 1.29 is 4.79 Å². The molecule has 1 aliphatic rings. The highest BCUT2D eigenvalue weighted by Crippen LogP contribution is 2.44. The fourth-order valence-electron chi connectivity index (χ4n) is 1.71. The summed E-state index contributed by atoms with van der Waals surface area (Å²) < 4.78 is 0. The molecule has 2 rings (SSSR count). The van der Waals surface area contributed by atoms with Gasteiger partial charge in [0.25, 0.3) is 0 Å². The fraction of sp³-hybridized carbons (Fsp3) is 0.357. The Balaban J connectivity index is 2.22. The van der Waals surface area contributed by atoms with E-state index in [0.29, 0.717) is 0 Å². The molecule has 2 nitrogen and oxygen atoms in total. The standard InChI is InChI=1S/C14H17NOS/c1-4-10(2)12(16)9-14-15(3)11-7-5-6-8-13(11)17-14/h5-10H,4H2,1-3H3/b14-9+. The second-order valence-electron chi connectivity index (χ2n) is 4.32. The molecule has 0 N–H and O–H groups in total. The Morgan fingerprint density at radius 1 is 1.47 bits per heavy atom. The van der Waals surface area contributed by atoms with Crippen molar-refractivity contribution in [2.24, 2.45) is 5.92 Å². The predicted octanol–water partition coefficient (Wildman–Crippen LogP) is 3.69. The van der Waals surface area contributed by atoms with Crippen LogP contribution in [-0.2, 0) is 4.79 Å². The van der Waals surface area contributed by atoms with Crippen LogP contribution < -0.4 is 4.90 Å². The number of rotatable bonds is 3. The molecule has 17 heavy (non-hydrogen) atoms. The van der Waals surface area contributed by atoms with Gasteiger partial charge >= 0.3 is 0 Å². The van der Waals surface area contributed by atoms with Gasteiger partial charge in [0.1, 0.15) is 0 Å². The van der Waals surface area contributed by atoms with Gasteiger partial charge in [0.2, 0.25) is 0 Å². The molecule has 1 heterocycles. The van der Waals surface area contributed by atoms with Gasteiger partial charge in [-0.3, -0.25) is 4.79 Å². The van der Waals surface area contributed by atoms with E-state index in [2.05, 4.69) is 17.0 Å². The van der Waals surface area contributed by atoms with Gasteiger partial charge in [0.05, 0.1) is 10.7 Å². The summed E-state index contributed by atoms with van der Waals surface area (Å²) in [5.74, 6) is 0.329. The van der Waals surface area contributed by atoms with Crippen LogP contribution in [0.1, 0.15) is 20.3 Å². The summed E-state index contributed by atoms with van der Waals surface area (Å²) in [5, 5.41) is 1.02. The maximum Gasteiger partial charge on any atom is 0.161 e. The lowest BCUT2D eigenvalue weighted by molar-refractivity contribution is -0.117. The van der Waals surface area contributed by atoms with Crippen LogP contribution in [-0.4, -0.2) is 12.8 Å². The Morgan fingerprint density at radius 3 is 2.82 bits per heavy atom. The number of thioether (sulfide) groups is 1. The minimum Gasteiger partial charge on any atom is -0.338 e. The van der Waals surface area contributed by atoms with E-state index in [1.54, 1.807) is 17.8 Å². The zero-order valence-electron chi connectivity index (χ0n) is 10.4. The second kappa shape index (κ2) is 4.96. The molecule has 0 aromatic heterocycles. The molecule has 0 spiro atoms. The first-order valence-electron chi connectivity index (χ1n) is 5.89. The number of hydrogen-bond acceptors (Lipinski definition) is 3. The number of para-hydroxylation sites is 1. The summed E-state index contributed by atoms with van der Waals surface area (Å²) in [6.45, 7) is 4.02. The van der Waals surface area contributed by atoms with Gasteiger partial charge in [-0.1, -0.05) is 37.7 Å². The van der Waals surface area contributed by atoms with Crippen LogP contribution in [0.15, 0.2) is 40.3 Å². The summed E-state index contributed by atoms with van der Waals surface area (Å²) in [4.78, 5) is 15.2. The molecule has 0 bridgehead atoms. The lowest BCUT2D eigenvalue weighted by atomic mass is 10.0. The van der Waals surface area contributed by atoms with Gasteiger partial charge in [0, 0.05) is 23.9 Å². The molecule has 0 aliphatic carbocycles. The van der Waals surface area contributed by atoms with Crippen LogP contribution in [0.2, 0.25) is 0 Å². The lowest BCUT2D eigenvalue weighted by Crippen LogP contribution is -2.13. The molecule has 1 unspecified atom stereocenters. The topological polar surface area (TPSA) is 20.3 Å². The molecule has 0 saturated heterocycles. The van der Waals surface area contributed by atoms with Crippen LogP contribution in [0.25, 0.3) is 0 Å². The minimum atomic E-state index is 0.111. The van der Waals surface area contributed by atoms with Crippen molar-refractivity contribution in [3.63, 3.8) is 0 Å². The molecule has 90 valence electrons. The SMILES string of the molecule is CCC(C)C(=O)/C=C1/Sc2ccccc2N1C. The summed E-state index contributed by atoms with van der Waals surface area (Å²) in [7, 11) is 2.01. The summed E-state index contributed by atoms with van der Waals surface area (Å²) in [6.07, 6.45) is 2.67. The number of carbonyl (C=O) groups excluding carboxylic acids is 1. The van der Waals surface area contributed by atoms with Gasteiger partial charge in [0.15, 0.2) is 5.78 Å². The number of anilines is 1. The van der Waals surface area contributed by atoms with E-state index in [4.69, 9.17) is 0 Å². The Morgan fingerprint density at radius 2 is 2.18 bits per heavy atom. The van der Waals surface area contributed by atoms with E-state index < -0.39 is 0 Å². The van der Waals surface area contributed by atoms with Gasteiger partial charge in [-0.2, -0.15) is 0 Å². The van der Waals surface area contributed by atoms with Gasteiger partial charge < -0.3 is 4.90 Å².